The number of carbonyl (C=O) groups is 1. The summed E-state index contributed by atoms with van der Waals surface area (Å²) in [6.07, 6.45) is 4.44. The number of halogens is 2. The number of hydrogen-bond acceptors (Lipinski definition) is 4. The second kappa shape index (κ2) is 8.97. The summed E-state index contributed by atoms with van der Waals surface area (Å²) in [5.74, 6) is 0.882. The van der Waals surface area contributed by atoms with Crippen LogP contribution in [-0.2, 0) is 11.2 Å². The van der Waals surface area contributed by atoms with E-state index in [9.17, 15) is 4.79 Å². The fourth-order valence-corrected chi connectivity index (χ4v) is 4.28. The number of carbonyl (C=O) groups excluding carboxylic acids is 1. The maximum atomic E-state index is 12.6. The van der Waals surface area contributed by atoms with Gasteiger partial charge in [-0.2, -0.15) is 0 Å². The number of amides is 1. The van der Waals surface area contributed by atoms with Gasteiger partial charge >= 0.3 is 0 Å². The Morgan fingerprint density at radius 3 is 2.62 bits per heavy atom. The third kappa shape index (κ3) is 4.80. The molecule has 0 atom stereocenters. The second-order valence-corrected chi connectivity index (χ2v) is 8.11. The third-order valence-corrected chi connectivity index (χ3v) is 5.79. The molecule has 150 valence electrons. The van der Waals surface area contributed by atoms with Gasteiger partial charge in [0, 0.05) is 18.1 Å². The highest BCUT2D eigenvalue weighted by atomic mass is 35.5. The lowest BCUT2D eigenvalue weighted by molar-refractivity contribution is -0.134. The molecule has 0 saturated carbocycles. The van der Waals surface area contributed by atoms with Crippen LogP contribution in [0.1, 0.15) is 18.4 Å². The Morgan fingerprint density at radius 2 is 1.86 bits per heavy atom. The van der Waals surface area contributed by atoms with Crippen LogP contribution in [0, 0.1) is 5.92 Å². The first-order valence-corrected chi connectivity index (χ1v) is 10.4. The van der Waals surface area contributed by atoms with Crippen LogP contribution >= 0.6 is 23.2 Å². The van der Waals surface area contributed by atoms with E-state index in [-0.39, 0.29) is 12.5 Å². The van der Waals surface area contributed by atoms with Gasteiger partial charge in [-0.15, -0.1) is 0 Å². The minimum atomic E-state index is -0.0698. The molecule has 1 aliphatic rings. The topological polar surface area (TPSA) is 55.3 Å². The van der Waals surface area contributed by atoms with Crippen molar-refractivity contribution in [1.29, 1.82) is 0 Å². The lowest BCUT2D eigenvalue weighted by Gasteiger charge is -2.32. The molecular weight excluding hydrogens is 409 g/mol. The van der Waals surface area contributed by atoms with Crippen molar-refractivity contribution >= 4 is 40.0 Å². The van der Waals surface area contributed by atoms with Crippen LogP contribution < -0.4 is 4.74 Å². The average Bonchev–Trinajstić information content (AvgIpc) is 2.73. The number of rotatable bonds is 5. The van der Waals surface area contributed by atoms with Gasteiger partial charge in [0.1, 0.15) is 6.33 Å². The molecule has 0 unspecified atom stereocenters. The number of hydrogen-bond donors (Lipinski definition) is 0. The minimum Gasteiger partial charge on any atom is -0.467 e. The Labute approximate surface area is 179 Å². The van der Waals surface area contributed by atoms with Crippen molar-refractivity contribution in [3.8, 4) is 5.88 Å². The molecule has 1 aromatic heterocycles. The molecule has 0 bridgehead atoms. The maximum Gasteiger partial charge on any atom is 0.260 e. The Balaban J connectivity index is 1.33. The highest BCUT2D eigenvalue weighted by Crippen LogP contribution is 2.31. The molecule has 1 saturated heterocycles. The van der Waals surface area contributed by atoms with E-state index in [1.165, 1.54) is 11.9 Å². The smallest absolute Gasteiger partial charge is 0.260 e. The molecule has 0 spiro atoms. The van der Waals surface area contributed by atoms with E-state index in [4.69, 9.17) is 27.9 Å². The molecule has 1 aliphatic heterocycles. The van der Waals surface area contributed by atoms with Gasteiger partial charge < -0.3 is 9.64 Å². The number of nitrogens with zero attached hydrogens (tertiary/aromatic N) is 3. The number of benzene rings is 2. The van der Waals surface area contributed by atoms with Crippen molar-refractivity contribution in [3.05, 3.63) is 64.4 Å². The molecular formula is C22H21Cl2N3O2. The molecule has 7 heteroatoms. The first-order chi connectivity index (χ1) is 14.1. The van der Waals surface area contributed by atoms with Crippen LogP contribution in [0.4, 0.5) is 0 Å². The van der Waals surface area contributed by atoms with Crippen molar-refractivity contribution < 1.29 is 9.53 Å². The molecule has 1 amide bonds. The molecule has 2 aromatic carbocycles. The highest BCUT2D eigenvalue weighted by Gasteiger charge is 2.23. The molecule has 0 radical (unpaired) electrons. The zero-order chi connectivity index (χ0) is 20.2. The van der Waals surface area contributed by atoms with Crippen molar-refractivity contribution in [1.82, 2.24) is 14.9 Å². The lowest BCUT2D eigenvalue weighted by atomic mass is 9.90. The minimum absolute atomic E-state index is 0.0388. The Kier molecular flexibility index (Phi) is 6.16. The summed E-state index contributed by atoms with van der Waals surface area (Å²) in [5.41, 5.74) is 1.91. The standard InChI is InChI=1S/C22H21Cl2N3O2/c23-17-11-18-21(19(24)12-17)25-14-26-22(18)29-13-20(28)27-8-6-16(7-9-27)10-15-4-2-1-3-5-15/h1-5,11-12,14,16H,6-10,13H2. The average molecular weight is 430 g/mol. The van der Waals surface area contributed by atoms with Gasteiger partial charge in [0.2, 0.25) is 5.88 Å². The van der Waals surface area contributed by atoms with Gasteiger partial charge in [0.15, 0.2) is 6.61 Å². The molecule has 1 fully saturated rings. The summed E-state index contributed by atoms with van der Waals surface area (Å²) in [5, 5.41) is 1.49. The monoisotopic (exact) mass is 429 g/mol. The summed E-state index contributed by atoms with van der Waals surface area (Å²) < 4.78 is 5.71. The number of piperidine rings is 1. The summed E-state index contributed by atoms with van der Waals surface area (Å²) in [4.78, 5) is 22.8. The largest absolute Gasteiger partial charge is 0.467 e. The van der Waals surface area contributed by atoms with Gasteiger partial charge in [0.25, 0.3) is 5.91 Å². The van der Waals surface area contributed by atoms with E-state index in [2.05, 4.69) is 34.2 Å². The fraction of sp³-hybridized carbons (Fsp3) is 0.318. The lowest BCUT2D eigenvalue weighted by Crippen LogP contribution is -2.41. The van der Waals surface area contributed by atoms with Crippen LogP contribution in [0.2, 0.25) is 10.0 Å². The number of fused-ring (bicyclic) bond motifs is 1. The van der Waals surface area contributed by atoms with Crippen LogP contribution in [0.3, 0.4) is 0 Å². The van der Waals surface area contributed by atoms with Crippen LogP contribution in [0.25, 0.3) is 10.9 Å². The van der Waals surface area contributed by atoms with Crippen LogP contribution in [0.15, 0.2) is 48.8 Å². The molecule has 29 heavy (non-hydrogen) atoms. The van der Waals surface area contributed by atoms with Crippen LogP contribution in [0.5, 0.6) is 5.88 Å². The van der Waals surface area contributed by atoms with E-state index in [0.29, 0.717) is 32.7 Å². The van der Waals surface area contributed by atoms with Gasteiger partial charge in [0.05, 0.1) is 15.9 Å². The van der Waals surface area contributed by atoms with Crippen molar-refractivity contribution in [2.75, 3.05) is 19.7 Å². The summed E-state index contributed by atoms with van der Waals surface area (Å²) in [6, 6.07) is 13.8. The molecule has 2 heterocycles. The molecule has 0 N–H and O–H groups in total. The summed E-state index contributed by atoms with van der Waals surface area (Å²) in [6.45, 7) is 1.43. The van der Waals surface area contributed by atoms with Gasteiger partial charge in [-0.3, -0.25) is 4.79 Å². The van der Waals surface area contributed by atoms with E-state index >= 15 is 0 Å². The van der Waals surface area contributed by atoms with E-state index in [0.717, 1.165) is 32.4 Å². The van der Waals surface area contributed by atoms with Gasteiger partial charge in [-0.05, 0) is 42.9 Å². The molecule has 0 aliphatic carbocycles. The predicted octanol–water partition coefficient (Wildman–Crippen LogP) is 4.80. The van der Waals surface area contributed by atoms with Gasteiger partial charge in [-0.25, -0.2) is 9.97 Å². The fourth-order valence-electron chi connectivity index (χ4n) is 3.74. The molecule has 4 rings (SSSR count). The number of likely N-dealkylation sites (tertiary alicyclic amines) is 1. The molecule has 3 aromatic rings. The maximum absolute atomic E-state index is 12.6. The molecule has 5 nitrogen and oxygen atoms in total. The second-order valence-electron chi connectivity index (χ2n) is 7.27. The predicted molar refractivity (Wildman–Crippen MR) is 115 cm³/mol. The Bertz CT molecular complexity index is 1010. The normalized spacial score (nSPS) is 14.9. The summed E-state index contributed by atoms with van der Waals surface area (Å²) >= 11 is 12.3. The van der Waals surface area contributed by atoms with Crippen molar-refractivity contribution in [2.24, 2.45) is 5.92 Å². The highest BCUT2D eigenvalue weighted by molar-refractivity contribution is 6.38. The van der Waals surface area contributed by atoms with Crippen molar-refractivity contribution in [2.45, 2.75) is 19.3 Å². The Morgan fingerprint density at radius 1 is 1.10 bits per heavy atom. The first-order valence-electron chi connectivity index (χ1n) is 9.64. The third-order valence-electron chi connectivity index (χ3n) is 5.29. The quantitative estimate of drug-likeness (QED) is 0.584. The van der Waals surface area contributed by atoms with Crippen LogP contribution in [-0.4, -0.2) is 40.5 Å². The SMILES string of the molecule is O=C(COc1ncnc2c(Cl)cc(Cl)cc12)N1CCC(Cc2ccccc2)CC1. The zero-order valence-corrected chi connectivity index (χ0v) is 17.4. The van der Waals surface area contributed by atoms with Gasteiger partial charge in [-0.1, -0.05) is 53.5 Å². The van der Waals surface area contributed by atoms with Crippen molar-refractivity contribution in [3.63, 3.8) is 0 Å². The Hall–Kier alpha value is -2.37. The summed E-state index contributed by atoms with van der Waals surface area (Å²) in [7, 11) is 0. The van der Waals surface area contributed by atoms with E-state index in [1.54, 1.807) is 12.1 Å². The zero-order valence-electron chi connectivity index (χ0n) is 15.9. The van der Waals surface area contributed by atoms with E-state index in [1.807, 2.05) is 11.0 Å². The van der Waals surface area contributed by atoms with E-state index < -0.39 is 0 Å². The number of ether oxygens (including phenoxy) is 1. The number of aromatic nitrogens is 2. The first kappa shape index (κ1) is 19.9.